The molecule has 0 radical (unpaired) electrons. The lowest BCUT2D eigenvalue weighted by atomic mass is 10.2. The SMILES string of the molecule is Cn1cc(S(=O)(=O)N2CCCC2)cc1C(=O)Nc1cccc([N+](=O)[O-])c1. The summed E-state index contributed by atoms with van der Waals surface area (Å²) < 4.78 is 28.0. The van der Waals surface area contributed by atoms with E-state index in [0.717, 1.165) is 12.8 Å². The summed E-state index contributed by atoms with van der Waals surface area (Å²) in [6, 6.07) is 6.86. The van der Waals surface area contributed by atoms with E-state index in [9.17, 15) is 23.3 Å². The molecule has 26 heavy (non-hydrogen) atoms. The minimum absolute atomic E-state index is 0.0612. The quantitative estimate of drug-likeness (QED) is 0.631. The summed E-state index contributed by atoms with van der Waals surface area (Å²) in [5.41, 5.74) is 0.260. The Balaban J connectivity index is 1.84. The Hall–Kier alpha value is -2.72. The van der Waals surface area contributed by atoms with Crippen LogP contribution in [0.2, 0.25) is 0 Å². The number of nitro benzene ring substituents is 1. The predicted octanol–water partition coefficient (Wildman–Crippen LogP) is 1.97. The number of nitro groups is 1. The fraction of sp³-hybridized carbons (Fsp3) is 0.312. The minimum Gasteiger partial charge on any atom is -0.345 e. The van der Waals surface area contributed by atoms with Gasteiger partial charge in [0.05, 0.1) is 4.92 Å². The van der Waals surface area contributed by atoms with Crippen LogP contribution in [0.5, 0.6) is 0 Å². The molecule has 1 aliphatic rings. The number of rotatable bonds is 5. The maximum absolute atomic E-state index is 12.6. The number of nitrogens with one attached hydrogen (secondary N) is 1. The normalized spacial score (nSPS) is 15.1. The van der Waals surface area contributed by atoms with Crippen LogP contribution in [0, 0.1) is 10.1 Å². The minimum atomic E-state index is -3.62. The molecule has 9 nitrogen and oxygen atoms in total. The van der Waals surface area contributed by atoms with Crippen LogP contribution in [-0.4, -0.2) is 41.2 Å². The number of sulfonamides is 1. The third kappa shape index (κ3) is 3.46. The van der Waals surface area contributed by atoms with E-state index in [0.29, 0.717) is 13.1 Å². The first kappa shape index (κ1) is 18.1. The van der Waals surface area contributed by atoms with Gasteiger partial charge in [-0.15, -0.1) is 0 Å². The molecular weight excluding hydrogens is 360 g/mol. The van der Waals surface area contributed by atoms with Crippen molar-refractivity contribution in [3.8, 4) is 0 Å². The lowest BCUT2D eigenvalue weighted by molar-refractivity contribution is -0.384. The van der Waals surface area contributed by atoms with Crippen LogP contribution in [0.3, 0.4) is 0 Å². The number of anilines is 1. The highest BCUT2D eigenvalue weighted by atomic mass is 32.2. The van der Waals surface area contributed by atoms with Crippen molar-refractivity contribution in [2.75, 3.05) is 18.4 Å². The molecule has 10 heteroatoms. The van der Waals surface area contributed by atoms with Gasteiger partial charge in [0.15, 0.2) is 0 Å². The number of non-ortho nitro benzene ring substituents is 1. The first-order valence-corrected chi connectivity index (χ1v) is 9.45. The lowest BCUT2D eigenvalue weighted by Crippen LogP contribution is -2.27. The fourth-order valence-corrected chi connectivity index (χ4v) is 4.46. The van der Waals surface area contributed by atoms with Gasteiger partial charge in [0, 0.05) is 44.2 Å². The number of amides is 1. The van der Waals surface area contributed by atoms with E-state index < -0.39 is 20.9 Å². The van der Waals surface area contributed by atoms with Crippen molar-refractivity contribution in [1.29, 1.82) is 0 Å². The van der Waals surface area contributed by atoms with E-state index in [-0.39, 0.29) is 22.0 Å². The highest BCUT2D eigenvalue weighted by molar-refractivity contribution is 7.89. The molecule has 0 bridgehead atoms. The molecule has 1 aromatic carbocycles. The van der Waals surface area contributed by atoms with Crippen LogP contribution >= 0.6 is 0 Å². The molecule has 1 fully saturated rings. The van der Waals surface area contributed by atoms with E-state index in [1.54, 1.807) is 7.05 Å². The van der Waals surface area contributed by atoms with Crippen molar-refractivity contribution in [2.24, 2.45) is 7.05 Å². The van der Waals surface area contributed by atoms with Gasteiger partial charge in [-0.05, 0) is 25.0 Å². The Morgan fingerprint density at radius 1 is 1.23 bits per heavy atom. The molecule has 0 unspecified atom stereocenters. The summed E-state index contributed by atoms with van der Waals surface area (Å²) in [6.45, 7) is 0.957. The van der Waals surface area contributed by atoms with Gasteiger partial charge in [-0.25, -0.2) is 8.42 Å². The second-order valence-electron chi connectivity index (χ2n) is 6.04. The van der Waals surface area contributed by atoms with Crippen LogP contribution in [0.25, 0.3) is 0 Å². The summed E-state index contributed by atoms with van der Waals surface area (Å²) in [5.74, 6) is -0.545. The van der Waals surface area contributed by atoms with Crippen molar-refractivity contribution in [2.45, 2.75) is 17.7 Å². The van der Waals surface area contributed by atoms with Crippen molar-refractivity contribution in [3.63, 3.8) is 0 Å². The third-order valence-electron chi connectivity index (χ3n) is 4.23. The van der Waals surface area contributed by atoms with Gasteiger partial charge in [0.1, 0.15) is 10.6 Å². The van der Waals surface area contributed by atoms with E-state index in [1.807, 2.05) is 0 Å². The number of carbonyl (C=O) groups excluding carboxylic acids is 1. The van der Waals surface area contributed by atoms with Crippen molar-refractivity contribution < 1.29 is 18.1 Å². The number of nitrogens with zero attached hydrogens (tertiary/aromatic N) is 3. The van der Waals surface area contributed by atoms with Gasteiger partial charge < -0.3 is 9.88 Å². The van der Waals surface area contributed by atoms with Crippen LogP contribution in [0.15, 0.2) is 41.4 Å². The van der Waals surface area contributed by atoms with Gasteiger partial charge in [0.25, 0.3) is 11.6 Å². The number of aromatic nitrogens is 1. The van der Waals surface area contributed by atoms with Crippen molar-refractivity contribution >= 4 is 27.3 Å². The number of carbonyl (C=O) groups is 1. The Labute approximate surface area is 150 Å². The molecule has 3 rings (SSSR count). The molecule has 1 N–H and O–H groups in total. The number of aryl methyl sites for hydroxylation is 1. The molecule has 2 heterocycles. The highest BCUT2D eigenvalue weighted by Gasteiger charge is 2.29. The summed E-state index contributed by atoms with van der Waals surface area (Å²) in [6.07, 6.45) is 3.05. The molecule has 0 atom stereocenters. The Morgan fingerprint density at radius 2 is 1.92 bits per heavy atom. The fourth-order valence-electron chi connectivity index (χ4n) is 2.87. The predicted molar refractivity (Wildman–Crippen MR) is 94.5 cm³/mol. The lowest BCUT2D eigenvalue weighted by Gasteiger charge is -2.13. The maximum atomic E-state index is 12.6. The second kappa shape index (κ2) is 6.89. The molecular formula is C16H18N4O5S. The topological polar surface area (TPSA) is 115 Å². The van der Waals surface area contributed by atoms with Gasteiger partial charge in [-0.1, -0.05) is 6.07 Å². The van der Waals surface area contributed by atoms with Crippen molar-refractivity contribution in [3.05, 3.63) is 52.3 Å². The van der Waals surface area contributed by atoms with Gasteiger partial charge >= 0.3 is 0 Å². The van der Waals surface area contributed by atoms with E-state index in [1.165, 1.54) is 45.4 Å². The van der Waals surface area contributed by atoms with E-state index in [2.05, 4.69) is 5.32 Å². The van der Waals surface area contributed by atoms with Gasteiger partial charge in [-0.2, -0.15) is 4.31 Å². The average Bonchev–Trinajstić information content (AvgIpc) is 3.25. The van der Waals surface area contributed by atoms with E-state index >= 15 is 0 Å². The molecule has 0 aliphatic carbocycles. The monoisotopic (exact) mass is 378 g/mol. The standard InChI is InChI=1S/C16H18N4O5S/c1-18-11-14(26(24,25)19-7-2-3-8-19)10-15(18)16(21)17-12-5-4-6-13(9-12)20(22)23/h4-6,9-11H,2-3,7-8H2,1H3,(H,17,21). The summed E-state index contributed by atoms with van der Waals surface area (Å²) in [4.78, 5) is 22.8. The van der Waals surface area contributed by atoms with E-state index in [4.69, 9.17) is 0 Å². The third-order valence-corrected chi connectivity index (χ3v) is 6.09. The van der Waals surface area contributed by atoms with Gasteiger partial charge in [0.2, 0.25) is 10.0 Å². The zero-order chi connectivity index (χ0) is 18.9. The molecule has 1 aromatic heterocycles. The molecule has 138 valence electrons. The van der Waals surface area contributed by atoms with Gasteiger partial charge in [-0.3, -0.25) is 14.9 Å². The zero-order valence-electron chi connectivity index (χ0n) is 14.1. The van der Waals surface area contributed by atoms with Crippen LogP contribution in [-0.2, 0) is 17.1 Å². The average molecular weight is 378 g/mol. The summed E-state index contributed by atoms with van der Waals surface area (Å²) >= 11 is 0. The van der Waals surface area contributed by atoms with Crippen molar-refractivity contribution in [1.82, 2.24) is 8.87 Å². The number of hydrogen-bond donors (Lipinski definition) is 1. The molecule has 0 spiro atoms. The molecule has 2 aromatic rings. The molecule has 1 aliphatic heterocycles. The van der Waals surface area contributed by atoms with Crippen LogP contribution < -0.4 is 5.32 Å². The maximum Gasteiger partial charge on any atom is 0.272 e. The molecule has 1 saturated heterocycles. The molecule has 0 saturated carbocycles. The van der Waals surface area contributed by atoms with Crippen LogP contribution in [0.4, 0.5) is 11.4 Å². The largest absolute Gasteiger partial charge is 0.345 e. The Bertz CT molecular complexity index is 961. The second-order valence-corrected chi connectivity index (χ2v) is 7.98. The number of hydrogen-bond acceptors (Lipinski definition) is 5. The first-order valence-electron chi connectivity index (χ1n) is 8.01. The highest BCUT2D eigenvalue weighted by Crippen LogP contribution is 2.23. The smallest absolute Gasteiger partial charge is 0.272 e. The van der Waals surface area contributed by atoms with Crippen LogP contribution in [0.1, 0.15) is 23.3 Å². The first-order chi connectivity index (χ1) is 12.3. The zero-order valence-corrected chi connectivity index (χ0v) is 14.9. The summed E-state index contributed by atoms with van der Waals surface area (Å²) in [7, 11) is -2.05. The Morgan fingerprint density at radius 3 is 2.58 bits per heavy atom. The Kier molecular flexibility index (Phi) is 4.79. The number of benzene rings is 1. The molecule has 1 amide bonds. The summed E-state index contributed by atoms with van der Waals surface area (Å²) in [5, 5.41) is 13.4.